The molecule has 1 heteroatoms. The summed E-state index contributed by atoms with van der Waals surface area (Å²) < 4.78 is 0. The summed E-state index contributed by atoms with van der Waals surface area (Å²) in [5.41, 5.74) is 6.67. The van der Waals surface area contributed by atoms with Crippen molar-refractivity contribution in [3.05, 3.63) is 70.3 Å². The molecule has 0 aliphatic carbocycles. The molecule has 0 spiro atoms. The number of hydrogen-bond acceptors (Lipinski definition) is 0. The Bertz CT molecular complexity index is 532. The van der Waals surface area contributed by atoms with E-state index in [2.05, 4.69) is 86.1 Å². The highest BCUT2D eigenvalue weighted by Crippen LogP contribution is 2.32. The minimum atomic E-state index is 0.271. The highest BCUT2D eigenvalue weighted by molar-refractivity contribution is 9.09. The van der Waals surface area contributed by atoms with Gasteiger partial charge in [-0.05, 0) is 36.5 Å². The third-order valence-corrected chi connectivity index (χ3v) is 4.49. The first-order chi connectivity index (χ1) is 8.97. The topological polar surface area (TPSA) is 0 Å². The summed E-state index contributed by atoms with van der Waals surface area (Å²) in [5, 5.41) is 0. The van der Waals surface area contributed by atoms with Gasteiger partial charge in [0.25, 0.3) is 0 Å². The second kappa shape index (κ2) is 5.92. The molecule has 0 amide bonds. The first kappa shape index (κ1) is 14.3. The maximum Gasteiger partial charge on any atom is 0.0644 e. The highest BCUT2D eigenvalue weighted by atomic mass is 79.9. The first-order valence-electron chi connectivity index (χ1n) is 6.79. The van der Waals surface area contributed by atoms with Crippen molar-refractivity contribution in [3.63, 3.8) is 0 Å². The van der Waals surface area contributed by atoms with Gasteiger partial charge in [0.1, 0.15) is 0 Å². The lowest BCUT2D eigenvalue weighted by Gasteiger charge is -2.14. The summed E-state index contributed by atoms with van der Waals surface area (Å²) >= 11 is 3.82. The van der Waals surface area contributed by atoms with Gasteiger partial charge >= 0.3 is 0 Å². The van der Waals surface area contributed by atoms with E-state index in [4.69, 9.17) is 0 Å². The molecule has 100 valence electrons. The molecule has 0 saturated heterocycles. The van der Waals surface area contributed by atoms with E-state index in [0.29, 0.717) is 5.92 Å². The van der Waals surface area contributed by atoms with E-state index in [-0.39, 0.29) is 4.83 Å². The Morgan fingerprint density at radius 1 is 0.737 bits per heavy atom. The van der Waals surface area contributed by atoms with Crippen LogP contribution in [0.1, 0.15) is 52.4 Å². The van der Waals surface area contributed by atoms with Crippen LogP contribution in [-0.4, -0.2) is 0 Å². The fourth-order valence-electron chi connectivity index (χ4n) is 2.40. The molecule has 2 aromatic rings. The van der Waals surface area contributed by atoms with Gasteiger partial charge in [-0.15, -0.1) is 0 Å². The van der Waals surface area contributed by atoms with Crippen LogP contribution in [-0.2, 0) is 0 Å². The van der Waals surface area contributed by atoms with E-state index in [1.807, 2.05) is 0 Å². The number of alkyl halides is 1. The van der Waals surface area contributed by atoms with E-state index in [9.17, 15) is 0 Å². The largest absolute Gasteiger partial charge is 0.0786 e. The van der Waals surface area contributed by atoms with E-state index in [1.54, 1.807) is 0 Å². The fourth-order valence-corrected chi connectivity index (χ4v) is 2.97. The van der Waals surface area contributed by atoms with Crippen molar-refractivity contribution in [2.75, 3.05) is 0 Å². The first-order valence-corrected chi connectivity index (χ1v) is 7.71. The highest BCUT2D eigenvalue weighted by Gasteiger charge is 2.11. The Hall–Kier alpha value is -1.08. The zero-order chi connectivity index (χ0) is 14.0. The van der Waals surface area contributed by atoms with Crippen LogP contribution in [0.15, 0.2) is 42.5 Å². The Labute approximate surface area is 125 Å². The molecule has 2 rings (SSSR count). The van der Waals surface area contributed by atoms with Gasteiger partial charge in [-0.25, -0.2) is 0 Å². The standard InChI is InChI=1S/C18H21Br/c1-12(2)15-5-7-16(8-6-15)18(19)17-10-13(3)9-14(4)11-17/h5-12,18H,1-4H3. The van der Waals surface area contributed by atoms with Crippen molar-refractivity contribution in [1.82, 2.24) is 0 Å². The van der Waals surface area contributed by atoms with Crippen LogP contribution in [0, 0.1) is 13.8 Å². The summed E-state index contributed by atoms with van der Waals surface area (Å²) in [6.07, 6.45) is 0. The molecule has 1 atom stereocenters. The van der Waals surface area contributed by atoms with E-state index >= 15 is 0 Å². The van der Waals surface area contributed by atoms with Crippen molar-refractivity contribution in [3.8, 4) is 0 Å². The van der Waals surface area contributed by atoms with Gasteiger partial charge in [0.15, 0.2) is 0 Å². The molecule has 0 fully saturated rings. The van der Waals surface area contributed by atoms with Crippen molar-refractivity contribution in [2.24, 2.45) is 0 Å². The lowest BCUT2D eigenvalue weighted by Crippen LogP contribution is -1.95. The van der Waals surface area contributed by atoms with Gasteiger partial charge in [-0.3, -0.25) is 0 Å². The molecule has 19 heavy (non-hydrogen) atoms. The van der Waals surface area contributed by atoms with Crippen molar-refractivity contribution in [1.29, 1.82) is 0 Å². The SMILES string of the molecule is Cc1cc(C)cc(C(Br)c2ccc(C(C)C)cc2)c1. The number of halogens is 1. The van der Waals surface area contributed by atoms with E-state index in [0.717, 1.165) is 0 Å². The van der Waals surface area contributed by atoms with Gasteiger partial charge in [0.05, 0.1) is 4.83 Å². The van der Waals surface area contributed by atoms with Gasteiger partial charge in [-0.1, -0.05) is 83.4 Å². The summed E-state index contributed by atoms with van der Waals surface area (Å²) in [7, 11) is 0. The van der Waals surface area contributed by atoms with Crippen molar-refractivity contribution >= 4 is 15.9 Å². The number of benzene rings is 2. The van der Waals surface area contributed by atoms with E-state index < -0.39 is 0 Å². The number of aryl methyl sites for hydroxylation is 2. The van der Waals surface area contributed by atoms with E-state index in [1.165, 1.54) is 27.8 Å². The summed E-state index contributed by atoms with van der Waals surface area (Å²) in [4.78, 5) is 0.271. The Morgan fingerprint density at radius 3 is 1.68 bits per heavy atom. The molecular formula is C18H21Br. The van der Waals surface area contributed by atoms with Crippen LogP contribution >= 0.6 is 15.9 Å². The molecule has 0 aromatic heterocycles. The predicted octanol–water partition coefficient (Wildman–Crippen LogP) is 5.91. The maximum absolute atomic E-state index is 3.82. The van der Waals surface area contributed by atoms with Crippen LogP contribution in [0.25, 0.3) is 0 Å². The maximum atomic E-state index is 3.82. The quantitative estimate of drug-likeness (QED) is 0.617. The van der Waals surface area contributed by atoms with Crippen molar-refractivity contribution < 1.29 is 0 Å². The molecule has 0 nitrogen and oxygen atoms in total. The smallest absolute Gasteiger partial charge is 0.0644 e. The van der Waals surface area contributed by atoms with Crippen LogP contribution in [0.4, 0.5) is 0 Å². The third-order valence-electron chi connectivity index (χ3n) is 3.43. The summed E-state index contributed by atoms with van der Waals surface area (Å²) in [6, 6.07) is 15.6. The second-order valence-electron chi connectivity index (χ2n) is 5.60. The molecule has 2 aromatic carbocycles. The Kier molecular flexibility index (Phi) is 4.46. The van der Waals surface area contributed by atoms with Crippen LogP contribution in [0.3, 0.4) is 0 Å². The average Bonchev–Trinajstić information content (AvgIpc) is 2.37. The van der Waals surface area contributed by atoms with Gasteiger partial charge < -0.3 is 0 Å². The predicted molar refractivity (Wildman–Crippen MR) is 87.2 cm³/mol. The van der Waals surface area contributed by atoms with Crippen LogP contribution < -0.4 is 0 Å². The minimum Gasteiger partial charge on any atom is -0.0786 e. The molecule has 0 saturated carbocycles. The minimum absolute atomic E-state index is 0.271. The molecule has 0 N–H and O–H groups in total. The molecule has 0 heterocycles. The fraction of sp³-hybridized carbons (Fsp3) is 0.333. The zero-order valence-corrected chi connectivity index (χ0v) is 13.7. The Morgan fingerprint density at radius 2 is 1.21 bits per heavy atom. The van der Waals surface area contributed by atoms with Crippen LogP contribution in [0.5, 0.6) is 0 Å². The molecule has 0 bridgehead atoms. The normalized spacial score (nSPS) is 12.7. The zero-order valence-electron chi connectivity index (χ0n) is 12.1. The van der Waals surface area contributed by atoms with Gasteiger partial charge in [0, 0.05) is 0 Å². The number of hydrogen-bond donors (Lipinski definition) is 0. The molecular weight excluding hydrogens is 296 g/mol. The van der Waals surface area contributed by atoms with Crippen LogP contribution in [0.2, 0.25) is 0 Å². The molecule has 0 aliphatic rings. The lowest BCUT2D eigenvalue weighted by atomic mass is 9.97. The lowest BCUT2D eigenvalue weighted by molar-refractivity contribution is 0.865. The Balaban J connectivity index is 2.30. The summed E-state index contributed by atoms with van der Waals surface area (Å²) in [6.45, 7) is 8.76. The average molecular weight is 317 g/mol. The second-order valence-corrected chi connectivity index (χ2v) is 6.52. The molecule has 1 unspecified atom stereocenters. The third kappa shape index (κ3) is 3.48. The molecule has 0 aliphatic heterocycles. The number of rotatable bonds is 3. The molecule has 0 radical (unpaired) electrons. The monoisotopic (exact) mass is 316 g/mol. The van der Waals surface area contributed by atoms with Crippen molar-refractivity contribution in [2.45, 2.75) is 38.4 Å². The summed E-state index contributed by atoms with van der Waals surface area (Å²) in [5.74, 6) is 0.587. The van der Waals surface area contributed by atoms with Gasteiger partial charge in [0.2, 0.25) is 0 Å². The van der Waals surface area contributed by atoms with Gasteiger partial charge in [-0.2, -0.15) is 0 Å².